The van der Waals surface area contributed by atoms with Gasteiger partial charge < -0.3 is 20.9 Å². The molecule has 0 spiro atoms. The van der Waals surface area contributed by atoms with Gasteiger partial charge in [-0.3, -0.25) is 9.59 Å². The molecule has 0 aliphatic carbocycles. The van der Waals surface area contributed by atoms with Crippen molar-refractivity contribution in [3.8, 4) is 0 Å². The van der Waals surface area contributed by atoms with Crippen LogP contribution in [-0.4, -0.2) is 56.0 Å². The van der Waals surface area contributed by atoms with Crippen molar-refractivity contribution in [1.82, 2.24) is 10.2 Å². The van der Waals surface area contributed by atoms with E-state index in [0.29, 0.717) is 39.0 Å². The summed E-state index contributed by atoms with van der Waals surface area (Å²) in [5.41, 5.74) is 6.41. The van der Waals surface area contributed by atoms with E-state index in [-0.39, 0.29) is 42.4 Å². The number of halogens is 3. The predicted octanol–water partition coefficient (Wildman–Crippen LogP) is 2.73. The normalized spacial score (nSPS) is 13.3. The van der Waals surface area contributed by atoms with E-state index in [1.165, 1.54) is 12.1 Å². The number of hydrogen-bond acceptors (Lipinski definition) is 4. The third-order valence-corrected chi connectivity index (χ3v) is 4.84. The molecule has 166 valence electrons. The summed E-state index contributed by atoms with van der Waals surface area (Å²) >= 11 is 0. The second-order valence-corrected chi connectivity index (χ2v) is 6.90. The summed E-state index contributed by atoms with van der Waals surface area (Å²) in [6.45, 7) is 3.83. The molecule has 9 heteroatoms. The predicted molar refractivity (Wildman–Crippen MR) is 119 cm³/mol. The molecule has 1 heterocycles. The van der Waals surface area contributed by atoms with Gasteiger partial charge in [0.05, 0.1) is 0 Å². The van der Waals surface area contributed by atoms with Gasteiger partial charge in [0.2, 0.25) is 11.8 Å². The monoisotopic (exact) mass is 450 g/mol. The van der Waals surface area contributed by atoms with Crippen molar-refractivity contribution in [3.63, 3.8) is 0 Å². The van der Waals surface area contributed by atoms with E-state index < -0.39 is 0 Å². The molecule has 1 aliphatic heterocycles. The summed E-state index contributed by atoms with van der Waals surface area (Å²) in [6, 6.07) is 6.43. The van der Waals surface area contributed by atoms with Crippen molar-refractivity contribution < 1.29 is 14.0 Å². The Morgan fingerprint density at radius 2 is 1.55 bits per heavy atom. The van der Waals surface area contributed by atoms with Gasteiger partial charge in [-0.15, -0.1) is 24.8 Å². The summed E-state index contributed by atoms with van der Waals surface area (Å²) in [6.07, 6.45) is 4.79. The van der Waals surface area contributed by atoms with Crippen LogP contribution in [0.25, 0.3) is 0 Å². The van der Waals surface area contributed by atoms with E-state index in [1.807, 2.05) is 4.90 Å². The van der Waals surface area contributed by atoms with Gasteiger partial charge in [-0.2, -0.15) is 0 Å². The van der Waals surface area contributed by atoms with Crippen molar-refractivity contribution >= 4 is 42.3 Å². The van der Waals surface area contributed by atoms with E-state index in [2.05, 4.69) is 10.2 Å². The Labute approximate surface area is 185 Å². The fourth-order valence-corrected chi connectivity index (χ4v) is 3.20. The fourth-order valence-electron chi connectivity index (χ4n) is 3.20. The zero-order valence-electron chi connectivity index (χ0n) is 16.8. The molecule has 0 saturated carbocycles. The highest BCUT2D eigenvalue weighted by atomic mass is 35.5. The molecular weight excluding hydrogens is 418 g/mol. The Hall–Kier alpha value is -1.57. The molecule has 0 radical (unpaired) electrons. The van der Waals surface area contributed by atoms with Crippen molar-refractivity contribution in [2.75, 3.05) is 44.2 Å². The van der Waals surface area contributed by atoms with Gasteiger partial charge >= 0.3 is 0 Å². The minimum atomic E-state index is -0.245. The van der Waals surface area contributed by atoms with Gasteiger partial charge in [0.1, 0.15) is 5.82 Å². The van der Waals surface area contributed by atoms with Crippen molar-refractivity contribution in [3.05, 3.63) is 30.1 Å². The number of carbonyl (C=O) groups excluding carboxylic acids is 2. The molecule has 1 aromatic carbocycles. The number of amides is 2. The van der Waals surface area contributed by atoms with Crippen LogP contribution >= 0.6 is 24.8 Å². The number of benzene rings is 1. The number of unbranched alkanes of at least 4 members (excludes halogenated alkanes) is 3. The van der Waals surface area contributed by atoms with Gasteiger partial charge in [0, 0.05) is 51.3 Å². The van der Waals surface area contributed by atoms with Crippen molar-refractivity contribution in [2.45, 2.75) is 38.5 Å². The van der Waals surface area contributed by atoms with Crippen LogP contribution in [0.3, 0.4) is 0 Å². The molecule has 0 unspecified atom stereocenters. The van der Waals surface area contributed by atoms with E-state index >= 15 is 0 Å². The lowest BCUT2D eigenvalue weighted by atomic mass is 10.1. The molecule has 29 heavy (non-hydrogen) atoms. The zero-order valence-corrected chi connectivity index (χ0v) is 18.4. The van der Waals surface area contributed by atoms with Crippen LogP contribution in [-0.2, 0) is 9.59 Å². The minimum Gasteiger partial charge on any atom is -0.368 e. The van der Waals surface area contributed by atoms with Crippen LogP contribution in [0.1, 0.15) is 38.5 Å². The van der Waals surface area contributed by atoms with E-state index in [1.54, 1.807) is 12.1 Å². The second-order valence-electron chi connectivity index (χ2n) is 6.90. The number of piperazine rings is 1. The zero-order chi connectivity index (χ0) is 19.5. The standard InChI is InChI=1S/C20H31FN4O2.2ClH/c21-17-6-8-18(9-7-17)24-13-15-25(16-14-24)20(27)10-12-23-19(26)5-3-1-2-4-11-22;;/h6-9H,1-5,10-16,22H2,(H,23,26);2*1H. The fraction of sp³-hybridized carbons (Fsp3) is 0.600. The molecule has 2 amide bonds. The first-order valence-corrected chi connectivity index (χ1v) is 9.85. The summed E-state index contributed by atoms with van der Waals surface area (Å²) in [5, 5.41) is 2.83. The average molecular weight is 451 g/mol. The van der Waals surface area contributed by atoms with Crippen LogP contribution in [0, 0.1) is 5.82 Å². The molecular formula is C20H33Cl2FN4O2. The number of hydrogen-bond donors (Lipinski definition) is 2. The Morgan fingerprint density at radius 3 is 2.17 bits per heavy atom. The maximum Gasteiger partial charge on any atom is 0.224 e. The maximum absolute atomic E-state index is 13.0. The first-order chi connectivity index (χ1) is 13.1. The number of nitrogens with two attached hydrogens (primary N) is 1. The largest absolute Gasteiger partial charge is 0.368 e. The molecule has 1 saturated heterocycles. The van der Waals surface area contributed by atoms with E-state index in [4.69, 9.17) is 5.73 Å². The lowest BCUT2D eigenvalue weighted by Gasteiger charge is -2.36. The Kier molecular flexibility index (Phi) is 14.5. The second kappa shape index (κ2) is 15.3. The summed E-state index contributed by atoms with van der Waals surface area (Å²) in [4.78, 5) is 28.0. The Bertz CT molecular complexity index is 597. The third kappa shape index (κ3) is 10.1. The first-order valence-electron chi connectivity index (χ1n) is 9.85. The van der Waals surface area contributed by atoms with Crippen molar-refractivity contribution in [2.24, 2.45) is 5.73 Å². The van der Waals surface area contributed by atoms with Crippen LogP contribution in [0.5, 0.6) is 0 Å². The molecule has 0 atom stereocenters. The Balaban J connectivity index is 0.00000392. The summed E-state index contributed by atoms with van der Waals surface area (Å²) in [7, 11) is 0. The lowest BCUT2D eigenvalue weighted by molar-refractivity contribution is -0.131. The molecule has 0 aromatic heterocycles. The van der Waals surface area contributed by atoms with Gasteiger partial charge in [-0.1, -0.05) is 12.8 Å². The third-order valence-electron chi connectivity index (χ3n) is 4.84. The van der Waals surface area contributed by atoms with E-state index in [0.717, 1.165) is 44.5 Å². The van der Waals surface area contributed by atoms with Gasteiger partial charge in [0.25, 0.3) is 0 Å². The maximum atomic E-state index is 13.0. The number of anilines is 1. The molecule has 1 aromatic rings. The first kappa shape index (κ1) is 27.4. The topological polar surface area (TPSA) is 78.7 Å². The molecule has 3 N–H and O–H groups in total. The van der Waals surface area contributed by atoms with Gasteiger partial charge in [-0.25, -0.2) is 4.39 Å². The average Bonchev–Trinajstić information content (AvgIpc) is 2.68. The van der Waals surface area contributed by atoms with Crippen LogP contribution in [0.2, 0.25) is 0 Å². The highest BCUT2D eigenvalue weighted by Crippen LogP contribution is 2.17. The molecule has 0 bridgehead atoms. The number of rotatable bonds is 10. The lowest BCUT2D eigenvalue weighted by Crippen LogP contribution is -2.49. The summed E-state index contributed by atoms with van der Waals surface area (Å²) in [5.74, 6) is -0.168. The number of carbonyl (C=O) groups is 2. The number of nitrogens with zero attached hydrogens (tertiary/aromatic N) is 2. The summed E-state index contributed by atoms with van der Waals surface area (Å²) < 4.78 is 13.0. The SMILES string of the molecule is Cl.Cl.NCCCCCCC(=O)NCCC(=O)N1CCN(c2ccc(F)cc2)CC1. The highest BCUT2D eigenvalue weighted by Gasteiger charge is 2.21. The molecule has 2 rings (SSSR count). The van der Waals surface area contributed by atoms with Gasteiger partial charge in [0.15, 0.2) is 0 Å². The minimum absolute atomic E-state index is 0. The van der Waals surface area contributed by atoms with Gasteiger partial charge in [-0.05, 0) is 43.7 Å². The Morgan fingerprint density at radius 1 is 0.931 bits per heavy atom. The van der Waals surface area contributed by atoms with Crippen LogP contribution in [0.15, 0.2) is 24.3 Å². The van der Waals surface area contributed by atoms with Crippen LogP contribution in [0.4, 0.5) is 10.1 Å². The smallest absolute Gasteiger partial charge is 0.224 e. The van der Waals surface area contributed by atoms with E-state index in [9.17, 15) is 14.0 Å². The van der Waals surface area contributed by atoms with Crippen molar-refractivity contribution in [1.29, 1.82) is 0 Å². The highest BCUT2D eigenvalue weighted by molar-refractivity contribution is 5.85. The molecule has 1 aliphatic rings. The number of nitrogens with one attached hydrogen (secondary N) is 1. The molecule has 1 fully saturated rings. The molecule has 6 nitrogen and oxygen atoms in total. The quantitative estimate of drug-likeness (QED) is 0.537. The van der Waals surface area contributed by atoms with Crippen LogP contribution < -0.4 is 16.0 Å².